The molecule has 19 heavy (non-hydrogen) atoms. The van der Waals surface area contributed by atoms with Crippen molar-refractivity contribution < 1.29 is 14.3 Å². The number of amides is 1. The molecule has 1 aromatic rings. The molecule has 0 heterocycles. The van der Waals surface area contributed by atoms with E-state index >= 15 is 0 Å². The second kappa shape index (κ2) is 6.32. The van der Waals surface area contributed by atoms with E-state index in [2.05, 4.69) is 5.32 Å². The molecule has 1 amide bonds. The number of aliphatic hydroxyl groups is 1. The fourth-order valence-corrected chi connectivity index (χ4v) is 2.03. The van der Waals surface area contributed by atoms with E-state index in [1.54, 1.807) is 6.92 Å². The third-order valence-corrected chi connectivity index (χ3v) is 2.78. The molecule has 0 aliphatic heterocycles. The summed E-state index contributed by atoms with van der Waals surface area (Å²) in [6.07, 6.45) is 0. The van der Waals surface area contributed by atoms with Gasteiger partial charge in [-0.25, -0.2) is 4.39 Å². The van der Waals surface area contributed by atoms with Crippen LogP contribution < -0.4 is 5.32 Å². The quantitative estimate of drug-likeness (QED) is 0.864. The lowest BCUT2D eigenvalue weighted by molar-refractivity contribution is 0.0326. The lowest BCUT2D eigenvalue weighted by atomic mass is 10.1. The fraction of sp³-hybridized carbons (Fsp3) is 0.462. The Balaban J connectivity index is 2.65. The van der Waals surface area contributed by atoms with Crippen molar-refractivity contribution in [1.29, 1.82) is 0 Å². The van der Waals surface area contributed by atoms with E-state index in [4.69, 9.17) is 11.6 Å². The van der Waals surface area contributed by atoms with Gasteiger partial charge < -0.3 is 15.3 Å². The summed E-state index contributed by atoms with van der Waals surface area (Å²) in [5.74, 6) is -0.940. The first-order chi connectivity index (χ1) is 8.71. The number of rotatable bonds is 5. The molecule has 1 rings (SSSR count). The van der Waals surface area contributed by atoms with Crippen LogP contribution in [0.5, 0.6) is 0 Å². The first kappa shape index (κ1) is 15.9. The third-order valence-electron chi connectivity index (χ3n) is 2.46. The van der Waals surface area contributed by atoms with Crippen molar-refractivity contribution in [3.8, 4) is 0 Å². The van der Waals surface area contributed by atoms with Gasteiger partial charge in [-0.1, -0.05) is 11.6 Å². The lowest BCUT2D eigenvalue weighted by Crippen LogP contribution is -2.47. The van der Waals surface area contributed by atoms with Crippen molar-refractivity contribution in [2.75, 3.05) is 27.2 Å². The van der Waals surface area contributed by atoms with Gasteiger partial charge >= 0.3 is 0 Å². The van der Waals surface area contributed by atoms with E-state index in [1.165, 1.54) is 12.1 Å². The summed E-state index contributed by atoms with van der Waals surface area (Å²) in [7, 11) is 3.65. The minimum atomic E-state index is -1.05. The number of likely N-dealkylation sites (N-methyl/N-ethyl adjacent to an activating group) is 1. The average Bonchev–Trinajstić information content (AvgIpc) is 2.24. The van der Waals surface area contributed by atoms with Gasteiger partial charge in [-0.15, -0.1) is 0 Å². The Morgan fingerprint density at radius 3 is 2.68 bits per heavy atom. The van der Waals surface area contributed by atoms with Gasteiger partial charge in [0, 0.05) is 13.1 Å². The number of carbonyl (C=O) groups excluding carboxylic acids is 1. The van der Waals surface area contributed by atoms with E-state index in [1.807, 2.05) is 19.0 Å². The van der Waals surface area contributed by atoms with Gasteiger partial charge in [0.05, 0.1) is 16.2 Å². The van der Waals surface area contributed by atoms with Crippen LogP contribution in [0.4, 0.5) is 4.39 Å². The largest absolute Gasteiger partial charge is 0.387 e. The monoisotopic (exact) mass is 288 g/mol. The van der Waals surface area contributed by atoms with E-state index < -0.39 is 17.3 Å². The first-order valence-corrected chi connectivity index (χ1v) is 6.19. The second-order valence-corrected chi connectivity index (χ2v) is 5.45. The van der Waals surface area contributed by atoms with E-state index in [0.29, 0.717) is 6.54 Å². The molecule has 6 heteroatoms. The molecule has 0 fully saturated rings. The minimum absolute atomic E-state index is 0.0461. The van der Waals surface area contributed by atoms with Gasteiger partial charge in [0.2, 0.25) is 0 Å². The highest BCUT2D eigenvalue weighted by molar-refractivity contribution is 6.33. The van der Waals surface area contributed by atoms with Crippen molar-refractivity contribution in [3.05, 3.63) is 34.6 Å². The van der Waals surface area contributed by atoms with Crippen LogP contribution in [-0.2, 0) is 0 Å². The number of hydrogen-bond donors (Lipinski definition) is 2. The van der Waals surface area contributed by atoms with Crippen molar-refractivity contribution in [2.24, 2.45) is 0 Å². The summed E-state index contributed by atoms with van der Waals surface area (Å²) in [6.45, 7) is 2.11. The van der Waals surface area contributed by atoms with Gasteiger partial charge in [0.15, 0.2) is 0 Å². The zero-order valence-electron chi connectivity index (χ0n) is 11.2. The minimum Gasteiger partial charge on any atom is -0.387 e. The topological polar surface area (TPSA) is 52.6 Å². The van der Waals surface area contributed by atoms with E-state index in [0.717, 1.165) is 6.07 Å². The van der Waals surface area contributed by atoms with Crippen LogP contribution in [0.1, 0.15) is 17.3 Å². The summed E-state index contributed by atoms with van der Waals surface area (Å²) in [4.78, 5) is 13.7. The summed E-state index contributed by atoms with van der Waals surface area (Å²) in [5, 5.41) is 12.7. The van der Waals surface area contributed by atoms with Crippen LogP contribution >= 0.6 is 11.6 Å². The number of benzene rings is 1. The average molecular weight is 289 g/mol. The van der Waals surface area contributed by atoms with Gasteiger partial charge in [-0.05, 0) is 39.2 Å². The van der Waals surface area contributed by atoms with Crippen LogP contribution in [0.2, 0.25) is 5.02 Å². The fourth-order valence-electron chi connectivity index (χ4n) is 1.78. The Hall–Kier alpha value is -1.17. The van der Waals surface area contributed by atoms with Crippen LogP contribution in [0.15, 0.2) is 18.2 Å². The molecule has 1 aromatic carbocycles. The second-order valence-electron chi connectivity index (χ2n) is 5.04. The van der Waals surface area contributed by atoms with Gasteiger partial charge in [0.1, 0.15) is 5.82 Å². The van der Waals surface area contributed by atoms with Gasteiger partial charge in [-0.3, -0.25) is 4.79 Å². The zero-order chi connectivity index (χ0) is 14.6. The Labute approximate surface area is 117 Å². The number of halogens is 2. The van der Waals surface area contributed by atoms with Crippen LogP contribution in [-0.4, -0.2) is 48.7 Å². The molecule has 0 saturated heterocycles. The first-order valence-electron chi connectivity index (χ1n) is 5.82. The number of carbonyl (C=O) groups is 1. The molecular weight excluding hydrogens is 271 g/mol. The zero-order valence-corrected chi connectivity index (χ0v) is 12.0. The number of nitrogens with zero attached hydrogens (tertiary/aromatic N) is 1. The third kappa shape index (κ3) is 5.14. The van der Waals surface area contributed by atoms with Crippen molar-refractivity contribution in [3.63, 3.8) is 0 Å². The highest BCUT2D eigenvalue weighted by Crippen LogP contribution is 2.17. The molecular formula is C13H18ClFN2O2. The highest BCUT2D eigenvalue weighted by atomic mass is 35.5. The maximum atomic E-state index is 12.9. The summed E-state index contributed by atoms with van der Waals surface area (Å²) in [6, 6.07) is 3.56. The molecule has 1 unspecified atom stereocenters. The van der Waals surface area contributed by atoms with Crippen molar-refractivity contribution in [2.45, 2.75) is 12.5 Å². The van der Waals surface area contributed by atoms with E-state index in [9.17, 15) is 14.3 Å². The molecule has 1 atom stereocenters. The summed E-state index contributed by atoms with van der Waals surface area (Å²) in [5.41, 5.74) is -0.866. The molecule has 0 aliphatic carbocycles. The van der Waals surface area contributed by atoms with Crippen LogP contribution in [0, 0.1) is 5.82 Å². The number of hydrogen-bond acceptors (Lipinski definition) is 3. The molecule has 2 N–H and O–H groups in total. The number of nitrogens with one attached hydrogen (secondary N) is 1. The van der Waals surface area contributed by atoms with Crippen LogP contribution in [0.25, 0.3) is 0 Å². The predicted octanol–water partition coefficient (Wildman–Crippen LogP) is 1.52. The molecule has 0 aromatic heterocycles. The lowest BCUT2D eigenvalue weighted by Gasteiger charge is -2.27. The SMILES string of the molecule is CN(C)CC(C)(O)CNC(=O)c1ccc(F)cc1Cl. The Morgan fingerprint density at radius 2 is 2.16 bits per heavy atom. The van der Waals surface area contributed by atoms with Gasteiger partial charge in [0.25, 0.3) is 5.91 Å². The van der Waals surface area contributed by atoms with Crippen molar-refractivity contribution in [1.82, 2.24) is 10.2 Å². The Bertz CT molecular complexity index is 464. The predicted molar refractivity (Wildman–Crippen MR) is 72.9 cm³/mol. The maximum absolute atomic E-state index is 12.9. The molecule has 0 spiro atoms. The Morgan fingerprint density at radius 1 is 1.53 bits per heavy atom. The highest BCUT2D eigenvalue weighted by Gasteiger charge is 2.23. The molecule has 0 bridgehead atoms. The molecule has 0 saturated carbocycles. The molecule has 0 aliphatic rings. The van der Waals surface area contributed by atoms with Gasteiger partial charge in [-0.2, -0.15) is 0 Å². The summed E-state index contributed by atoms with van der Waals surface area (Å²) < 4.78 is 12.9. The molecule has 4 nitrogen and oxygen atoms in total. The molecule has 106 valence electrons. The van der Waals surface area contributed by atoms with Crippen molar-refractivity contribution >= 4 is 17.5 Å². The normalized spacial score (nSPS) is 14.3. The molecule has 0 radical (unpaired) electrons. The standard InChI is InChI=1S/C13H18ClFN2O2/c1-13(19,8-17(2)3)7-16-12(18)10-5-4-9(15)6-11(10)14/h4-6,19H,7-8H2,1-3H3,(H,16,18). The van der Waals surface area contributed by atoms with Crippen LogP contribution in [0.3, 0.4) is 0 Å². The Kier molecular flexibility index (Phi) is 5.29. The summed E-state index contributed by atoms with van der Waals surface area (Å²) >= 11 is 5.79. The van der Waals surface area contributed by atoms with E-state index in [-0.39, 0.29) is 17.1 Å². The smallest absolute Gasteiger partial charge is 0.252 e. The maximum Gasteiger partial charge on any atom is 0.252 e.